The van der Waals surface area contributed by atoms with Gasteiger partial charge in [-0.25, -0.2) is 14.6 Å². The average Bonchev–Trinajstić information content (AvgIpc) is 3.48. The second-order valence-electron chi connectivity index (χ2n) is 10.9. The van der Waals surface area contributed by atoms with Gasteiger partial charge in [-0.15, -0.1) is 0 Å². The number of aryl methyl sites for hydroxylation is 1. The highest BCUT2D eigenvalue weighted by Gasteiger charge is 2.38. The Labute approximate surface area is 267 Å². The standard InChI is InChI=1S/C34H38N4O6S/c1-22-29(21-45-34-35-17-18-38(34)2)43-32(44-30(22)25-11-9-24(20-39)10-12-25)26-13-15-27(16-14-26)36-33(41)37-28(31(40)42-3)19-23-7-5-4-6-8-23/h4-18,22,28-30,32,39H,19-21H2,1-3H3,(H2,36,37,41)/t22-,28+,29+,30+,32+/m1/s1. The highest BCUT2D eigenvalue weighted by atomic mass is 32.2. The molecule has 0 aliphatic carbocycles. The molecule has 1 saturated heterocycles. The van der Waals surface area contributed by atoms with Crippen molar-refractivity contribution >= 4 is 29.4 Å². The van der Waals surface area contributed by atoms with Crippen LogP contribution in [0.1, 0.15) is 41.6 Å². The number of imidazole rings is 1. The lowest BCUT2D eigenvalue weighted by Gasteiger charge is -2.41. The van der Waals surface area contributed by atoms with Crippen molar-refractivity contribution in [3.8, 4) is 0 Å². The van der Waals surface area contributed by atoms with E-state index < -0.39 is 24.3 Å². The minimum Gasteiger partial charge on any atom is -0.467 e. The van der Waals surface area contributed by atoms with E-state index in [9.17, 15) is 14.7 Å². The summed E-state index contributed by atoms with van der Waals surface area (Å²) >= 11 is 1.63. The summed E-state index contributed by atoms with van der Waals surface area (Å²) in [5, 5.41) is 15.9. The summed E-state index contributed by atoms with van der Waals surface area (Å²) in [5.74, 6) is 0.194. The van der Waals surface area contributed by atoms with Crippen LogP contribution in [0, 0.1) is 5.92 Å². The molecule has 2 heterocycles. The number of anilines is 1. The molecule has 0 saturated carbocycles. The molecule has 3 aromatic carbocycles. The van der Waals surface area contributed by atoms with Crippen molar-refractivity contribution in [1.82, 2.24) is 14.9 Å². The topological polar surface area (TPSA) is 124 Å². The van der Waals surface area contributed by atoms with Crippen LogP contribution in [0.15, 0.2) is 96.4 Å². The number of esters is 1. The fourth-order valence-electron chi connectivity index (χ4n) is 5.19. The van der Waals surface area contributed by atoms with E-state index in [4.69, 9.17) is 14.2 Å². The number of urea groups is 1. The van der Waals surface area contributed by atoms with Crippen LogP contribution >= 0.6 is 11.8 Å². The molecule has 0 bridgehead atoms. The molecule has 45 heavy (non-hydrogen) atoms. The lowest BCUT2D eigenvalue weighted by molar-refractivity contribution is -0.268. The van der Waals surface area contributed by atoms with Crippen LogP contribution < -0.4 is 10.6 Å². The first kappa shape index (κ1) is 32.2. The number of amides is 2. The molecule has 5 rings (SSSR count). The number of hydrogen-bond donors (Lipinski definition) is 3. The Hall–Kier alpha value is -4.16. The smallest absolute Gasteiger partial charge is 0.328 e. The highest BCUT2D eigenvalue weighted by molar-refractivity contribution is 7.99. The minimum atomic E-state index is -0.841. The van der Waals surface area contributed by atoms with Gasteiger partial charge in [0, 0.05) is 48.8 Å². The second kappa shape index (κ2) is 15.2. The largest absolute Gasteiger partial charge is 0.467 e. The third-order valence-corrected chi connectivity index (χ3v) is 8.94. The van der Waals surface area contributed by atoms with E-state index in [1.165, 1.54) is 7.11 Å². The molecule has 2 amide bonds. The summed E-state index contributed by atoms with van der Waals surface area (Å²) in [7, 11) is 3.26. The molecule has 5 atom stereocenters. The van der Waals surface area contributed by atoms with Gasteiger partial charge in [-0.05, 0) is 28.8 Å². The first-order chi connectivity index (χ1) is 21.8. The number of carbonyl (C=O) groups excluding carboxylic acids is 2. The SMILES string of the molecule is COC(=O)[C@H](Cc1ccccc1)NC(=O)Nc1ccc([C@H]2O[C@@H](CSc3nccn3C)[C@@H](C)[C@@H](c3ccc(CO)cc3)O2)cc1. The maximum Gasteiger partial charge on any atom is 0.328 e. The van der Waals surface area contributed by atoms with Gasteiger partial charge in [-0.3, -0.25) is 0 Å². The van der Waals surface area contributed by atoms with Gasteiger partial charge in [-0.1, -0.05) is 85.4 Å². The summed E-state index contributed by atoms with van der Waals surface area (Å²) < 4.78 is 19.9. The Bertz CT molecular complexity index is 1550. The van der Waals surface area contributed by atoms with Crippen molar-refractivity contribution in [1.29, 1.82) is 0 Å². The van der Waals surface area contributed by atoms with E-state index in [0.717, 1.165) is 27.4 Å². The third kappa shape index (κ3) is 8.31. The molecule has 0 spiro atoms. The lowest BCUT2D eigenvalue weighted by Crippen LogP contribution is -2.45. The number of aliphatic hydroxyl groups is 1. The summed E-state index contributed by atoms with van der Waals surface area (Å²) in [6.07, 6.45) is 2.97. The zero-order valence-corrected chi connectivity index (χ0v) is 26.3. The van der Waals surface area contributed by atoms with Crippen molar-refractivity contribution in [3.63, 3.8) is 0 Å². The molecule has 11 heteroatoms. The van der Waals surface area contributed by atoms with E-state index in [1.807, 2.05) is 84.5 Å². The van der Waals surface area contributed by atoms with Gasteiger partial charge in [0.15, 0.2) is 11.4 Å². The lowest BCUT2D eigenvalue weighted by atomic mass is 9.91. The molecular weight excluding hydrogens is 592 g/mol. The molecule has 10 nitrogen and oxygen atoms in total. The van der Waals surface area contributed by atoms with Crippen molar-refractivity contribution in [2.75, 3.05) is 18.2 Å². The molecule has 1 fully saturated rings. The van der Waals surface area contributed by atoms with E-state index in [0.29, 0.717) is 17.9 Å². The zero-order chi connectivity index (χ0) is 31.8. The monoisotopic (exact) mass is 630 g/mol. The molecule has 1 aliphatic heterocycles. The van der Waals surface area contributed by atoms with Gasteiger partial charge in [0.05, 0.1) is 25.9 Å². The van der Waals surface area contributed by atoms with E-state index >= 15 is 0 Å². The number of ether oxygens (including phenoxy) is 3. The van der Waals surface area contributed by atoms with Gasteiger partial charge in [0.25, 0.3) is 0 Å². The van der Waals surface area contributed by atoms with Crippen LogP contribution in [0.5, 0.6) is 0 Å². The number of aliphatic hydroxyl groups excluding tert-OH is 1. The van der Waals surface area contributed by atoms with Gasteiger partial charge in [0.2, 0.25) is 0 Å². The summed E-state index contributed by atoms with van der Waals surface area (Å²) in [4.78, 5) is 29.6. The van der Waals surface area contributed by atoms with Crippen LogP contribution in [0.4, 0.5) is 10.5 Å². The number of methoxy groups -OCH3 is 1. The van der Waals surface area contributed by atoms with Crippen LogP contribution in [-0.2, 0) is 39.1 Å². The molecular formula is C34H38N4O6S. The molecule has 3 N–H and O–H groups in total. The quantitative estimate of drug-likeness (QED) is 0.149. The summed E-state index contributed by atoms with van der Waals surface area (Å²) in [5.41, 5.74) is 4.08. The molecule has 1 aromatic heterocycles. The van der Waals surface area contributed by atoms with Crippen LogP contribution in [0.2, 0.25) is 0 Å². The number of nitrogens with one attached hydrogen (secondary N) is 2. The number of benzene rings is 3. The van der Waals surface area contributed by atoms with Crippen molar-refractivity contribution in [2.24, 2.45) is 13.0 Å². The molecule has 1 aliphatic rings. The van der Waals surface area contributed by atoms with Crippen LogP contribution in [-0.4, -0.2) is 51.7 Å². The van der Waals surface area contributed by atoms with Crippen molar-refractivity contribution in [3.05, 3.63) is 114 Å². The second-order valence-corrected chi connectivity index (χ2v) is 11.9. The Morgan fingerprint density at radius 2 is 1.71 bits per heavy atom. The average molecular weight is 631 g/mol. The Morgan fingerprint density at radius 3 is 2.36 bits per heavy atom. The number of hydrogen-bond acceptors (Lipinski definition) is 8. The third-order valence-electron chi connectivity index (χ3n) is 7.79. The van der Waals surface area contributed by atoms with Gasteiger partial charge >= 0.3 is 12.0 Å². The Morgan fingerprint density at radius 1 is 1.00 bits per heavy atom. The summed E-state index contributed by atoms with van der Waals surface area (Å²) in [6, 6.07) is 23.1. The molecule has 4 aromatic rings. The fourth-order valence-corrected chi connectivity index (χ4v) is 6.29. The van der Waals surface area contributed by atoms with Crippen molar-refractivity contribution < 1.29 is 28.9 Å². The van der Waals surface area contributed by atoms with E-state index in [1.54, 1.807) is 30.1 Å². The van der Waals surface area contributed by atoms with Crippen LogP contribution in [0.25, 0.3) is 0 Å². The van der Waals surface area contributed by atoms with Crippen molar-refractivity contribution in [2.45, 2.75) is 49.6 Å². The number of carbonyl (C=O) groups is 2. The zero-order valence-electron chi connectivity index (χ0n) is 25.5. The predicted molar refractivity (Wildman–Crippen MR) is 171 cm³/mol. The van der Waals surface area contributed by atoms with Gasteiger partial charge in [0.1, 0.15) is 6.04 Å². The summed E-state index contributed by atoms with van der Waals surface area (Å²) in [6.45, 7) is 2.10. The van der Waals surface area contributed by atoms with E-state index in [2.05, 4.69) is 22.5 Å². The maximum atomic E-state index is 12.8. The Kier molecular flexibility index (Phi) is 10.9. The predicted octanol–water partition coefficient (Wildman–Crippen LogP) is 5.40. The van der Waals surface area contributed by atoms with Crippen LogP contribution in [0.3, 0.4) is 0 Å². The van der Waals surface area contributed by atoms with E-state index in [-0.39, 0.29) is 24.7 Å². The highest BCUT2D eigenvalue weighted by Crippen LogP contribution is 2.43. The minimum absolute atomic E-state index is 0.0230. The molecule has 236 valence electrons. The maximum absolute atomic E-state index is 12.8. The number of rotatable bonds is 11. The fraction of sp³-hybridized carbons (Fsp3) is 0.324. The van der Waals surface area contributed by atoms with Gasteiger partial charge < -0.3 is 34.5 Å². The molecule has 0 radical (unpaired) electrons. The Balaban J connectivity index is 1.28. The number of nitrogens with zero attached hydrogens (tertiary/aromatic N) is 2. The normalized spacial score (nSPS) is 20.3. The first-order valence-corrected chi connectivity index (χ1v) is 15.7. The van der Waals surface area contributed by atoms with Gasteiger partial charge in [-0.2, -0.15) is 0 Å². The number of aromatic nitrogens is 2. The first-order valence-electron chi connectivity index (χ1n) is 14.7. The molecule has 0 unspecified atom stereocenters. The number of thioether (sulfide) groups is 1.